The molecule has 1 aliphatic carbocycles. The molecular weight excluding hydrogens is 250 g/mol. The number of likely N-dealkylation sites (N-methyl/N-ethyl adjacent to an activating group) is 1. The van der Waals surface area contributed by atoms with E-state index in [1.807, 2.05) is 12.1 Å². The van der Waals surface area contributed by atoms with Crippen LogP contribution in [0.15, 0.2) is 18.3 Å². The lowest BCUT2D eigenvalue weighted by Gasteiger charge is -2.48. The number of nitrogen functional groups attached to an aromatic ring is 1. The average molecular weight is 277 g/mol. The second kappa shape index (κ2) is 6.52. The standard InChI is InChI=1S/C15H27N5/c1-20(2)15(8-4-3-5-9-15)13(19-17)11-12-7-6-10-18-14(12)16/h6-7,10,13,19H,3-5,8-9,11,17H2,1-2H3,(H2,16,18). The largest absolute Gasteiger partial charge is 0.383 e. The van der Waals surface area contributed by atoms with Crippen molar-refractivity contribution < 1.29 is 0 Å². The molecule has 1 unspecified atom stereocenters. The van der Waals surface area contributed by atoms with E-state index in [0.29, 0.717) is 5.82 Å². The van der Waals surface area contributed by atoms with Gasteiger partial charge in [0.1, 0.15) is 5.82 Å². The first-order valence-corrected chi connectivity index (χ1v) is 7.43. The fourth-order valence-corrected chi connectivity index (χ4v) is 3.52. The van der Waals surface area contributed by atoms with Crippen molar-refractivity contribution in [3.8, 4) is 0 Å². The molecule has 0 saturated heterocycles. The van der Waals surface area contributed by atoms with Crippen LogP contribution in [0.5, 0.6) is 0 Å². The van der Waals surface area contributed by atoms with E-state index in [0.717, 1.165) is 12.0 Å². The number of hydrogen-bond donors (Lipinski definition) is 3. The Morgan fingerprint density at radius 1 is 1.35 bits per heavy atom. The molecule has 20 heavy (non-hydrogen) atoms. The minimum atomic E-state index is 0.106. The molecule has 1 aliphatic rings. The molecule has 0 spiro atoms. The molecule has 1 saturated carbocycles. The fourth-order valence-electron chi connectivity index (χ4n) is 3.52. The molecule has 0 amide bonds. The zero-order chi connectivity index (χ0) is 14.6. The van der Waals surface area contributed by atoms with Crippen LogP contribution in [0.4, 0.5) is 5.82 Å². The maximum Gasteiger partial charge on any atom is 0.126 e. The van der Waals surface area contributed by atoms with Gasteiger partial charge in [0.15, 0.2) is 0 Å². The highest BCUT2D eigenvalue weighted by atomic mass is 15.3. The summed E-state index contributed by atoms with van der Waals surface area (Å²) in [6.07, 6.45) is 8.74. The van der Waals surface area contributed by atoms with Gasteiger partial charge in [-0.2, -0.15) is 0 Å². The lowest BCUT2D eigenvalue weighted by molar-refractivity contribution is 0.0569. The van der Waals surface area contributed by atoms with E-state index in [1.54, 1.807) is 6.20 Å². The first kappa shape index (κ1) is 15.2. The van der Waals surface area contributed by atoms with Crippen molar-refractivity contribution in [1.82, 2.24) is 15.3 Å². The van der Waals surface area contributed by atoms with E-state index in [2.05, 4.69) is 29.4 Å². The van der Waals surface area contributed by atoms with Gasteiger partial charge in [-0.05, 0) is 45.0 Å². The van der Waals surface area contributed by atoms with Gasteiger partial charge in [0, 0.05) is 17.8 Å². The SMILES string of the molecule is CN(C)C1(C(Cc2cccnc2N)NN)CCCCC1. The van der Waals surface area contributed by atoms with Gasteiger partial charge in [-0.15, -0.1) is 0 Å². The molecule has 1 fully saturated rings. The highest BCUT2D eigenvalue weighted by molar-refractivity contribution is 5.39. The van der Waals surface area contributed by atoms with Crippen LogP contribution in [-0.2, 0) is 6.42 Å². The molecule has 1 atom stereocenters. The minimum absolute atomic E-state index is 0.106. The monoisotopic (exact) mass is 277 g/mol. The Morgan fingerprint density at radius 3 is 2.60 bits per heavy atom. The van der Waals surface area contributed by atoms with Gasteiger partial charge in [0.05, 0.1) is 0 Å². The molecule has 5 N–H and O–H groups in total. The van der Waals surface area contributed by atoms with Crippen LogP contribution in [0.25, 0.3) is 0 Å². The van der Waals surface area contributed by atoms with Crippen molar-refractivity contribution >= 4 is 5.82 Å². The van der Waals surface area contributed by atoms with Crippen molar-refractivity contribution in [3.05, 3.63) is 23.9 Å². The number of nitrogens with zero attached hydrogens (tertiary/aromatic N) is 2. The van der Waals surface area contributed by atoms with E-state index in [4.69, 9.17) is 11.6 Å². The summed E-state index contributed by atoms with van der Waals surface area (Å²) in [5.74, 6) is 6.50. The summed E-state index contributed by atoms with van der Waals surface area (Å²) in [5.41, 5.74) is 10.2. The second-order valence-electron chi connectivity index (χ2n) is 6.03. The molecule has 0 aliphatic heterocycles. The molecule has 112 valence electrons. The third-order valence-corrected chi connectivity index (χ3v) is 4.81. The fraction of sp³-hybridized carbons (Fsp3) is 0.667. The number of anilines is 1. The van der Waals surface area contributed by atoms with Gasteiger partial charge < -0.3 is 10.6 Å². The van der Waals surface area contributed by atoms with Gasteiger partial charge in [-0.1, -0.05) is 25.3 Å². The third-order valence-electron chi connectivity index (χ3n) is 4.81. The quantitative estimate of drug-likeness (QED) is 0.558. The molecule has 0 aromatic carbocycles. The van der Waals surface area contributed by atoms with Crippen LogP contribution in [0.3, 0.4) is 0 Å². The summed E-state index contributed by atoms with van der Waals surface area (Å²) < 4.78 is 0. The molecule has 2 rings (SSSR count). The van der Waals surface area contributed by atoms with Crippen molar-refractivity contribution in [2.75, 3.05) is 19.8 Å². The first-order valence-electron chi connectivity index (χ1n) is 7.43. The zero-order valence-corrected chi connectivity index (χ0v) is 12.6. The first-order chi connectivity index (χ1) is 9.60. The topological polar surface area (TPSA) is 80.2 Å². The maximum absolute atomic E-state index is 5.98. The van der Waals surface area contributed by atoms with Crippen molar-refractivity contribution in [1.29, 1.82) is 0 Å². The highest BCUT2D eigenvalue weighted by Crippen LogP contribution is 2.36. The van der Waals surface area contributed by atoms with Crippen LogP contribution in [0.1, 0.15) is 37.7 Å². The number of nitrogens with two attached hydrogens (primary N) is 2. The number of hydrogen-bond acceptors (Lipinski definition) is 5. The predicted octanol–water partition coefficient (Wildman–Crippen LogP) is 1.30. The minimum Gasteiger partial charge on any atom is -0.383 e. The second-order valence-corrected chi connectivity index (χ2v) is 6.03. The average Bonchev–Trinajstić information content (AvgIpc) is 2.47. The Hall–Kier alpha value is -1.17. The lowest BCUT2D eigenvalue weighted by atomic mass is 9.73. The molecular formula is C15H27N5. The van der Waals surface area contributed by atoms with E-state index in [1.165, 1.54) is 32.1 Å². The van der Waals surface area contributed by atoms with Crippen LogP contribution >= 0.6 is 0 Å². The van der Waals surface area contributed by atoms with Crippen molar-refractivity contribution in [2.45, 2.75) is 50.1 Å². The summed E-state index contributed by atoms with van der Waals surface area (Å²) in [6.45, 7) is 0. The molecule has 5 heteroatoms. The van der Waals surface area contributed by atoms with Crippen molar-refractivity contribution in [2.24, 2.45) is 5.84 Å². The van der Waals surface area contributed by atoms with Crippen LogP contribution in [-0.4, -0.2) is 35.6 Å². The van der Waals surface area contributed by atoms with Crippen LogP contribution in [0.2, 0.25) is 0 Å². The number of hydrazine groups is 1. The Bertz CT molecular complexity index is 426. The Kier molecular flexibility index (Phi) is 4.96. The van der Waals surface area contributed by atoms with Crippen LogP contribution in [0, 0.1) is 0 Å². The number of rotatable bonds is 5. The smallest absolute Gasteiger partial charge is 0.126 e. The normalized spacial score (nSPS) is 20.0. The molecule has 0 radical (unpaired) electrons. The summed E-state index contributed by atoms with van der Waals surface area (Å²) in [4.78, 5) is 6.51. The molecule has 1 aromatic rings. The van der Waals surface area contributed by atoms with Gasteiger partial charge in [0.25, 0.3) is 0 Å². The highest BCUT2D eigenvalue weighted by Gasteiger charge is 2.41. The molecule has 0 bridgehead atoms. The summed E-state index contributed by atoms with van der Waals surface area (Å²) in [6, 6.07) is 4.16. The van der Waals surface area contributed by atoms with Gasteiger partial charge in [0.2, 0.25) is 0 Å². The predicted molar refractivity (Wildman–Crippen MR) is 83.0 cm³/mol. The van der Waals surface area contributed by atoms with Gasteiger partial charge in [-0.3, -0.25) is 11.3 Å². The van der Waals surface area contributed by atoms with E-state index in [-0.39, 0.29) is 11.6 Å². The Balaban J connectivity index is 2.23. The molecule has 1 aromatic heterocycles. The lowest BCUT2D eigenvalue weighted by Crippen LogP contribution is -2.62. The Morgan fingerprint density at radius 2 is 2.05 bits per heavy atom. The summed E-state index contributed by atoms with van der Waals surface area (Å²) in [7, 11) is 4.31. The number of pyridine rings is 1. The summed E-state index contributed by atoms with van der Waals surface area (Å²) in [5, 5.41) is 0. The molecule has 1 heterocycles. The van der Waals surface area contributed by atoms with Crippen LogP contribution < -0.4 is 17.0 Å². The van der Waals surface area contributed by atoms with Gasteiger partial charge >= 0.3 is 0 Å². The number of aromatic nitrogens is 1. The maximum atomic E-state index is 5.98. The van der Waals surface area contributed by atoms with E-state index in [9.17, 15) is 0 Å². The molecule has 5 nitrogen and oxygen atoms in total. The third kappa shape index (κ3) is 2.95. The van der Waals surface area contributed by atoms with Gasteiger partial charge in [-0.25, -0.2) is 4.98 Å². The summed E-state index contributed by atoms with van der Waals surface area (Å²) >= 11 is 0. The van der Waals surface area contributed by atoms with E-state index < -0.39 is 0 Å². The van der Waals surface area contributed by atoms with E-state index >= 15 is 0 Å². The number of nitrogens with one attached hydrogen (secondary N) is 1. The van der Waals surface area contributed by atoms with Crippen molar-refractivity contribution in [3.63, 3.8) is 0 Å². The Labute approximate surface area is 121 Å². The zero-order valence-electron chi connectivity index (χ0n) is 12.6.